The van der Waals surface area contributed by atoms with Crippen molar-refractivity contribution in [1.82, 2.24) is 4.90 Å². The highest BCUT2D eigenvalue weighted by molar-refractivity contribution is 9.10. The van der Waals surface area contributed by atoms with Crippen molar-refractivity contribution in [3.8, 4) is 0 Å². The normalized spacial score (nSPS) is 23.3. The average Bonchev–Trinajstić information content (AvgIpc) is 2.47. The first-order valence-corrected chi connectivity index (χ1v) is 9.77. The van der Waals surface area contributed by atoms with Gasteiger partial charge >= 0.3 is 0 Å². The summed E-state index contributed by atoms with van der Waals surface area (Å²) in [6, 6.07) is 7.91. The predicted octanol–water partition coefficient (Wildman–Crippen LogP) is 2.68. The molecular formula is C16H23BrN2O2S. The molecule has 6 heteroatoms. The van der Waals surface area contributed by atoms with E-state index >= 15 is 0 Å². The third-order valence-electron chi connectivity index (χ3n) is 4.03. The summed E-state index contributed by atoms with van der Waals surface area (Å²) in [7, 11) is -1.04. The van der Waals surface area contributed by atoms with E-state index in [1.54, 1.807) is 0 Å². The molecule has 0 aliphatic carbocycles. The van der Waals surface area contributed by atoms with E-state index in [9.17, 15) is 9.00 Å². The molecule has 1 aromatic rings. The zero-order valence-corrected chi connectivity index (χ0v) is 15.2. The fourth-order valence-corrected chi connectivity index (χ4v) is 4.13. The Morgan fingerprint density at radius 2 is 2.09 bits per heavy atom. The summed E-state index contributed by atoms with van der Waals surface area (Å²) < 4.78 is 13.1. The number of amides is 1. The lowest BCUT2D eigenvalue weighted by Gasteiger charge is -2.36. The van der Waals surface area contributed by atoms with E-state index in [1.165, 1.54) is 0 Å². The van der Waals surface area contributed by atoms with Crippen LogP contribution in [0.15, 0.2) is 33.6 Å². The molecule has 2 rings (SSSR count). The molecule has 1 aromatic carbocycles. The number of hydrogen-bond donors (Lipinski definition) is 1. The Bertz CT molecular complexity index is 535. The van der Waals surface area contributed by atoms with Gasteiger partial charge in [-0.3, -0.25) is 9.00 Å². The van der Waals surface area contributed by atoms with Crippen molar-refractivity contribution >= 4 is 32.6 Å². The van der Waals surface area contributed by atoms with Crippen LogP contribution in [0.25, 0.3) is 0 Å². The maximum atomic E-state index is 12.3. The Balaban J connectivity index is 1.77. The second-order valence-electron chi connectivity index (χ2n) is 5.83. The minimum Gasteiger partial charge on any atom is -0.340 e. The van der Waals surface area contributed by atoms with Crippen LogP contribution in [0, 0.1) is 0 Å². The summed E-state index contributed by atoms with van der Waals surface area (Å²) >= 11 is 3.36. The summed E-state index contributed by atoms with van der Waals surface area (Å²) in [5.74, 6) is 0.682. The zero-order valence-electron chi connectivity index (χ0n) is 12.8. The van der Waals surface area contributed by atoms with E-state index in [0.29, 0.717) is 18.6 Å². The molecule has 22 heavy (non-hydrogen) atoms. The van der Waals surface area contributed by atoms with Gasteiger partial charge in [-0.05, 0) is 50.5 Å². The van der Waals surface area contributed by atoms with Gasteiger partial charge < -0.3 is 10.6 Å². The summed E-state index contributed by atoms with van der Waals surface area (Å²) in [6.07, 6.45) is 2.86. The van der Waals surface area contributed by atoms with E-state index in [-0.39, 0.29) is 18.0 Å². The molecule has 2 N–H and O–H groups in total. The van der Waals surface area contributed by atoms with Crippen LogP contribution < -0.4 is 5.73 Å². The van der Waals surface area contributed by atoms with Crippen LogP contribution in [0.2, 0.25) is 0 Å². The largest absolute Gasteiger partial charge is 0.340 e. The van der Waals surface area contributed by atoms with Crippen molar-refractivity contribution in [3.63, 3.8) is 0 Å². The van der Waals surface area contributed by atoms with Gasteiger partial charge in [0.15, 0.2) is 0 Å². The van der Waals surface area contributed by atoms with E-state index in [0.717, 1.165) is 28.8 Å². The number of carbonyl (C=O) groups is 1. The smallest absolute Gasteiger partial charge is 0.222 e. The molecule has 0 spiro atoms. The second-order valence-corrected chi connectivity index (χ2v) is 8.31. The van der Waals surface area contributed by atoms with Gasteiger partial charge in [0.05, 0.1) is 10.8 Å². The Morgan fingerprint density at radius 3 is 2.73 bits per heavy atom. The lowest BCUT2D eigenvalue weighted by Crippen LogP contribution is -2.48. The van der Waals surface area contributed by atoms with Gasteiger partial charge in [0, 0.05) is 40.2 Å². The second kappa shape index (κ2) is 8.22. The molecule has 1 aliphatic heterocycles. The number of hydrogen-bond acceptors (Lipinski definition) is 3. The van der Waals surface area contributed by atoms with Crippen molar-refractivity contribution < 1.29 is 9.00 Å². The van der Waals surface area contributed by atoms with Crippen LogP contribution >= 0.6 is 15.9 Å². The highest BCUT2D eigenvalue weighted by atomic mass is 79.9. The topological polar surface area (TPSA) is 63.4 Å². The first-order chi connectivity index (χ1) is 10.5. The van der Waals surface area contributed by atoms with Crippen molar-refractivity contribution in [2.45, 2.75) is 49.6 Å². The molecule has 122 valence electrons. The first-order valence-electron chi connectivity index (χ1n) is 7.66. The Labute approximate surface area is 143 Å². The summed E-state index contributed by atoms with van der Waals surface area (Å²) in [5.41, 5.74) is 5.92. The molecule has 4 nitrogen and oxygen atoms in total. The molecule has 0 bridgehead atoms. The van der Waals surface area contributed by atoms with E-state index in [1.807, 2.05) is 29.2 Å². The molecule has 1 amide bonds. The summed E-state index contributed by atoms with van der Waals surface area (Å²) in [6.45, 7) is 2.80. The molecule has 0 aromatic heterocycles. The predicted molar refractivity (Wildman–Crippen MR) is 93.0 cm³/mol. The number of halogens is 1. The molecule has 0 unspecified atom stereocenters. The molecule has 1 heterocycles. The van der Waals surface area contributed by atoms with Crippen LogP contribution in [0.3, 0.4) is 0 Å². The van der Waals surface area contributed by atoms with Crippen LogP contribution in [-0.4, -0.2) is 39.4 Å². The fourth-order valence-electron chi connectivity index (χ4n) is 2.78. The Kier molecular flexibility index (Phi) is 6.59. The minimum atomic E-state index is -1.04. The quantitative estimate of drug-likeness (QED) is 0.845. The molecule has 1 saturated heterocycles. The van der Waals surface area contributed by atoms with E-state index in [2.05, 4.69) is 22.9 Å². The van der Waals surface area contributed by atoms with Gasteiger partial charge in [0.1, 0.15) is 0 Å². The van der Waals surface area contributed by atoms with Crippen molar-refractivity contribution in [2.75, 3.05) is 12.3 Å². The number of rotatable bonds is 5. The molecule has 0 radical (unpaired) electrons. The van der Waals surface area contributed by atoms with Gasteiger partial charge in [0.25, 0.3) is 0 Å². The van der Waals surface area contributed by atoms with Crippen LogP contribution in [0.4, 0.5) is 0 Å². The monoisotopic (exact) mass is 386 g/mol. The number of carbonyl (C=O) groups excluding carboxylic acids is 1. The molecule has 1 aliphatic rings. The van der Waals surface area contributed by atoms with Crippen LogP contribution in [0.1, 0.15) is 32.6 Å². The van der Waals surface area contributed by atoms with Crippen LogP contribution in [-0.2, 0) is 15.6 Å². The Hall–Kier alpha value is -0.720. The van der Waals surface area contributed by atoms with Crippen molar-refractivity contribution in [2.24, 2.45) is 5.73 Å². The SMILES string of the molecule is C[C@@H]1C[C@@H](N)CCN1C(=O)CCC[S@@](=O)c1ccc(Br)cc1. The number of nitrogens with two attached hydrogens (primary N) is 1. The number of piperidine rings is 1. The lowest BCUT2D eigenvalue weighted by molar-refractivity contribution is -0.134. The summed E-state index contributed by atoms with van der Waals surface area (Å²) in [4.78, 5) is 15.0. The Morgan fingerprint density at radius 1 is 1.41 bits per heavy atom. The summed E-state index contributed by atoms with van der Waals surface area (Å²) in [5, 5.41) is 0. The maximum Gasteiger partial charge on any atom is 0.222 e. The maximum absolute atomic E-state index is 12.3. The van der Waals surface area contributed by atoms with Crippen LogP contribution in [0.5, 0.6) is 0 Å². The van der Waals surface area contributed by atoms with Gasteiger partial charge in [-0.15, -0.1) is 0 Å². The third kappa shape index (κ3) is 4.89. The molecular weight excluding hydrogens is 364 g/mol. The minimum absolute atomic E-state index is 0.159. The highest BCUT2D eigenvalue weighted by Gasteiger charge is 2.26. The molecule has 0 saturated carbocycles. The number of likely N-dealkylation sites (tertiary alicyclic amines) is 1. The van der Waals surface area contributed by atoms with Gasteiger partial charge in [-0.2, -0.15) is 0 Å². The van der Waals surface area contributed by atoms with Crippen molar-refractivity contribution in [1.29, 1.82) is 0 Å². The standard InChI is InChI=1S/C16H23BrN2O2S/c1-12-11-14(18)8-9-19(12)16(20)3-2-10-22(21)15-6-4-13(17)5-7-15/h4-7,12,14H,2-3,8-11,18H2,1H3/t12-,14+,22-/m1/s1. The van der Waals surface area contributed by atoms with Gasteiger partial charge in [-0.25, -0.2) is 0 Å². The average molecular weight is 387 g/mol. The lowest BCUT2D eigenvalue weighted by atomic mass is 9.99. The fraction of sp³-hybridized carbons (Fsp3) is 0.562. The number of benzene rings is 1. The first kappa shape index (κ1) is 17.6. The van der Waals surface area contributed by atoms with Crippen molar-refractivity contribution in [3.05, 3.63) is 28.7 Å². The molecule has 3 atom stereocenters. The molecule has 1 fully saturated rings. The third-order valence-corrected chi connectivity index (χ3v) is 6.02. The number of nitrogens with zero attached hydrogens (tertiary/aromatic N) is 1. The van der Waals surface area contributed by atoms with Gasteiger partial charge in [0.2, 0.25) is 5.91 Å². The highest BCUT2D eigenvalue weighted by Crippen LogP contribution is 2.18. The zero-order chi connectivity index (χ0) is 16.1. The van der Waals surface area contributed by atoms with Gasteiger partial charge in [-0.1, -0.05) is 15.9 Å². The van der Waals surface area contributed by atoms with E-state index in [4.69, 9.17) is 5.73 Å². The van der Waals surface area contributed by atoms with E-state index < -0.39 is 10.8 Å².